The smallest absolute Gasteiger partial charge is 0.385 e. The Morgan fingerprint density at radius 2 is 2.12 bits per heavy atom. The van der Waals surface area contributed by atoms with Gasteiger partial charge in [-0.2, -0.15) is 5.26 Å². The molecule has 1 saturated carbocycles. The molecule has 1 N–H and O–H groups in total. The van der Waals surface area contributed by atoms with Crippen molar-refractivity contribution in [2.45, 2.75) is 13.8 Å². The minimum Gasteiger partial charge on any atom is -0.481 e. The van der Waals surface area contributed by atoms with Crippen LogP contribution in [-0.2, 0) is 14.3 Å². The van der Waals surface area contributed by atoms with Crippen molar-refractivity contribution in [3.63, 3.8) is 0 Å². The van der Waals surface area contributed by atoms with Crippen LogP contribution >= 0.6 is 0 Å². The lowest BCUT2D eigenvalue weighted by Gasteiger charge is -1.95. The average Bonchev–Trinajstić information content (AvgIpc) is 2.74. The van der Waals surface area contributed by atoms with Crippen LogP contribution in [0.2, 0.25) is 0 Å². The SMILES string of the molecule is CC1(C)C(C#CC(=O)OCC#N)C1C(=O)O. The molecule has 0 saturated heterocycles. The number of hydrogen-bond donors (Lipinski definition) is 1. The Morgan fingerprint density at radius 1 is 1.50 bits per heavy atom. The predicted molar refractivity (Wildman–Crippen MR) is 52.7 cm³/mol. The minimum absolute atomic E-state index is 0.334. The van der Waals surface area contributed by atoms with Gasteiger partial charge in [-0.3, -0.25) is 4.79 Å². The van der Waals surface area contributed by atoms with Crippen LogP contribution in [0.3, 0.4) is 0 Å². The summed E-state index contributed by atoms with van der Waals surface area (Å²) < 4.78 is 4.41. The fourth-order valence-corrected chi connectivity index (χ4v) is 1.64. The third-order valence-corrected chi connectivity index (χ3v) is 2.69. The van der Waals surface area contributed by atoms with E-state index in [1.54, 1.807) is 19.9 Å². The van der Waals surface area contributed by atoms with Gasteiger partial charge in [-0.05, 0) is 5.41 Å². The van der Waals surface area contributed by atoms with Crippen molar-refractivity contribution in [3.05, 3.63) is 0 Å². The van der Waals surface area contributed by atoms with E-state index >= 15 is 0 Å². The molecule has 0 amide bonds. The van der Waals surface area contributed by atoms with Crippen LogP contribution in [0.4, 0.5) is 0 Å². The van der Waals surface area contributed by atoms with Crippen LogP contribution in [0.15, 0.2) is 0 Å². The average molecular weight is 221 g/mol. The molecule has 0 aliphatic heterocycles. The van der Waals surface area contributed by atoms with Crippen LogP contribution < -0.4 is 0 Å². The van der Waals surface area contributed by atoms with Crippen molar-refractivity contribution >= 4 is 11.9 Å². The summed E-state index contributed by atoms with van der Waals surface area (Å²) >= 11 is 0. The van der Waals surface area contributed by atoms with Gasteiger partial charge < -0.3 is 9.84 Å². The highest BCUT2D eigenvalue weighted by Gasteiger charge is 2.61. The zero-order valence-corrected chi connectivity index (χ0v) is 8.98. The number of nitrogens with zero attached hydrogens (tertiary/aromatic N) is 1. The van der Waals surface area contributed by atoms with Crippen LogP contribution in [-0.4, -0.2) is 23.7 Å². The Morgan fingerprint density at radius 3 is 2.56 bits per heavy atom. The molecule has 0 radical (unpaired) electrons. The minimum atomic E-state index is -0.908. The number of carboxylic acid groups (broad SMARTS) is 1. The van der Waals surface area contributed by atoms with E-state index in [0.29, 0.717) is 0 Å². The number of carboxylic acids is 1. The lowest BCUT2D eigenvalue weighted by Crippen LogP contribution is -2.03. The zero-order valence-electron chi connectivity index (χ0n) is 8.98. The fraction of sp³-hybridized carbons (Fsp3) is 0.545. The highest BCUT2D eigenvalue weighted by molar-refractivity contribution is 5.89. The van der Waals surface area contributed by atoms with E-state index in [2.05, 4.69) is 16.6 Å². The van der Waals surface area contributed by atoms with E-state index in [0.717, 1.165) is 0 Å². The molecule has 5 nitrogen and oxygen atoms in total. The van der Waals surface area contributed by atoms with Crippen molar-refractivity contribution < 1.29 is 19.4 Å². The van der Waals surface area contributed by atoms with Gasteiger partial charge in [0.15, 0.2) is 6.61 Å². The number of esters is 1. The second-order valence-corrected chi connectivity index (χ2v) is 4.12. The number of aliphatic carboxylic acids is 1. The van der Waals surface area contributed by atoms with Gasteiger partial charge in [-0.15, -0.1) is 0 Å². The van der Waals surface area contributed by atoms with Crippen LogP contribution in [0.5, 0.6) is 0 Å². The van der Waals surface area contributed by atoms with Crippen LogP contribution in [0.1, 0.15) is 13.8 Å². The molecule has 1 rings (SSSR count). The summed E-state index contributed by atoms with van der Waals surface area (Å²) in [6, 6.07) is 1.64. The first-order chi connectivity index (χ1) is 7.41. The third-order valence-electron chi connectivity index (χ3n) is 2.69. The maximum absolute atomic E-state index is 10.9. The van der Waals surface area contributed by atoms with E-state index in [4.69, 9.17) is 10.4 Å². The van der Waals surface area contributed by atoms with E-state index in [9.17, 15) is 9.59 Å². The molecule has 84 valence electrons. The molecular weight excluding hydrogens is 210 g/mol. The second kappa shape index (κ2) is 4.24. The van der Waals surface area contributed by atoms with Crippen molar-refractivity contribution in [2.24, 2.45) is 17.3 Å². The molecule has 1 aliphatic rings. The Kier molecular flexibility index (Phi) is 3.20. The molecule has 0 aromatic heterocycles. The number of hydrogen-bond acceptors (Lipinski definition) is 4. The highest BCUT2D eigenvalue weighted by Crippen LogP contribution is 2.57. The van der Waals surface area contributed by atoms with E-state index in [1.165, 1.54) is 0 Å². The number of carbonyl (C=O) groups excluding carboxylic acids is 1. The van der Waals surface area contributed by atoms with E-state index in [-0.39, 0.29) is 12.5 Å². The Labute approximate surface area is 93.0 Å². The second-order valence-electron chi connectivity index (χ2n) is 4.12. The lowest BCUT2D eigenvalue weighted by molar-refractivity contribution is -0.139. The molecular formula is C11H11NO4. The van der Waals surface area contributed by atoms with Crippen molar-refractivity contribution in [1.29, 1.82) is 5.26 Å². The summed E-state index contributed by atoms with van der Waals surface area (Å²) in [6.45, 7) is 3.22. The summed E-state index contributed by atoms with van der Waals surface area (Å²) in [6.07, 6.45) is 0. The third kappa shape index (κ3) is 2.32. The van der Waals surface area contributed by atoms with Crippen LogP contribution in [0.25, 0.3) is 0 Å². The van der Waals surface area contributed by atoms with Gasteiger partial charge in [-0.25, -0.2) is 4.79 Å². The molecule has 0 heterocycles. The maximum atomic E-state index is 10.9. The monoisotopic (exact) mass is 221 g/mol. The number of carbonyl (C=O) groups is 2. The van der Waals surface area contributed by atoms with Gasteiger partial charge in [0.1, 0.15) is 6.07 Å². The normalized spacial score (nSPS) is 24.6. The van der Waals surface area contributed by atoms with Gasteiger partial charge in [0.2, 0.25) is 0 Å². The fourth-order valence-electron chi connectivity index (χ4n) is 1.64. The highest BCUT2D eigenvalue weighted by atomic mass is 16.5. The van der Waals surface area contributed by atoms with Crippen LogP contribution in [0, 0.1) is 40.4 Å². The molecule has 2 unspecified atom stereocenters. The first-order valence-electron chi connectivity index (χ1n) is 4.69. The molecule has 0 spiro atoms. The zero-order chi connectivity index (χ0) is 12.3. The summed E-state index contributed by atoms with van der Waals surface area (Å²) in [5.41, 5.74) is -0.408. The Hall–Kier alpha value is -2.01. The van der Waals surface area contributed by atoms with E-state index in [1.807, 2.05) is 0 Å². The van der Waals surface area contributed by atoms with Crippen molar-refractivity contribution in [2.75, 3.05) is 6.61 Å². The summed E-state index contributed by atoms with van der Waals surface area (Å²) in [5, 5.41) is 17.0. The van der Waals surface area contributed by atoms with Crippen molar-refractivity contribution in [1.82, 2.24) is 0 Å². The molecule has 0 aromatic rings. The predicted octanol–water partition coefficient (Wildman–Crippen LogP) is 0.413. The van der Waals surface area contributed by atoms with Crippen molar-refractivity contribution in [3.8, 4) is 17.9 Å². The van der Waals surface area contributed by atoms with Gasteiger partial charge in [0, 0.05) is 11.8 Å². The number of rotatable bonds is 2. The number of ether oxygens (including phenoxy) is 1. The molecule has 0 bridgehead atoms. The topological polar surface area (TPSA) is 87.4 Å². The van der Waals surface area contributed by atoms with Gasteiger partial charge in [0.25, 0.3) is 0 Å². The summed E-state index contributed by atoms with van der Waals surface area (Å²) in [7, 11) is 0. The molecule has 1 fully saturated rings. The Balaban J connectivity index is 2.58. The molecule has 2 atom stereocenters. The largest absolute Gasteiger partial charge is 0.481 e. The first kappa shape index (κ1) is 12.1. The van der Waals surface area contributed by atoms with Gasteiger partial charge in [-0.1, -0.05) is 19.8 Å². The first-order valence-corrected chi connectivity index (χ1v) is 4.69. The quantitative estimate of drug-likeness (QED) is 0.414. The standard InChI is InChI=1S/C11H11NO4/c1-11(2)7(9(11)10(14)15)3-4-8(13)16-6-5-12/h7,9H,6H2,1-2H3,(H,14,15). The maximum Gasteiger partial charge on any atom is 0.385 e. The lowest BCUT2D eigenvalue weighted by atomic mass is 10.1. The van der Waals surface area contributed by atoms with Gasteiger partial charge in [0.05, 0.1) is 5.92 Å². The molecule has 5 heteroatoms. The summed E-state index contributed by atoms with van der Waals surface area (Å²) in [4.78, 5) is 21.7. The van der Waals surface area contributed by atoms with E-state index < -0.39 is 23.3 Å². The summed E-state index contributed by atoms with van der Waals surface area (Å²) in [5.74, 6) is 2.19. The number of nitriles is 1. The molecule has 16 heavy (non-hydrogen) atoms. The molecule has 1 aliphatic carbocycles. The van der Waals surface area contributed by atoms with Gasteiger partial charge >= 0.3 is 11.9 Å². The molecule has 0 aromatic carbocycles. The Bertz CT molecular complexity index is 421.